The Kier molecular flexibility index (Phi) is 3.70. The number of ketones is 1. The standard InChI is InChI=1S/C9H7Cl2FO/c10-5-8(13)9(12)6-1-3-7(11)4-2-6/h1-4,9H,5H2. The maximum Gasteiger partial charge on any atom is 0.186 e. The largest absolute Gasteiger partial charge is 0.295 e. The maximum atomic E-state index is 13.2. The van der Waals surface area contributed by atoms with Gasteiger partial charge in [0, 0.05) is 5.02 Å². The lowest BCUT2D eigenvalue weighted by molar-refractivity contribution is -0.121. The zero-order valence-corrected chi connectivity index (χ0v) is 8.15. The molecule has 1 aromatic rings. The van der Waals surface area contributed by atoms with Gasteiger partial charge < -0.3 is 0 Å². The van der Waals surface area contributed by atoms with E-state index in [0.717, 1.165) is 0 Å². The van der Waals surface area contributed by atoms with Gasteiger partial charge in [-0.1, -0.05) is 23.7 Å². The molecule has 1 nitrogen and oxygen atoms in total. The highest BCUT2D eigenvalue weighted by molar-refractivity contribution is 6.30. The normalized spacial score (nSPS) is 12.5. The van der Waals surface area contributed by atoms with Crippen molar-refractivity contribution in [2.75, 3.05) is 5.88 Å². The molecule has 0 saturated carbocycles. The van der Waals surface area contributed by atoms with Crippen molar-refractivity contribution in [3.8, 4) is 0 Å². The second-order valence-electron chi connectivity index (χ2n) is 2.51. The van der Waals surface area contributed by atoms with Gasteiger partial charge in [0.25, 0.3) is 0 Å². The van der Waals surface area contributed by atoms with E-state index in [1.54, 1.807) is 0 Å². The predicted molar refractivity (Wildman–Crippen MR) is 51.0 cm³/mol. The van der Waals surface area contributed by atoms with Gasteiger partial charge >= 0.3 is 0 Å². The third-order valence-electron chi connectivity index (χ3n) is 1.58. The predicted octanol–water partition coefficient (Wildman–Crippen LogP) is 3.16. The summed E-state index contributed by atoms with van der Waals surface area (Å²) in [6.45, 7) is 0. The molecule has 0 aromatic heterocycles. The highest BCUT2D eigenvalue weighted by Crippen LogP contribution is 2.20. The third-order valence-corrected chi connectivity index (χ3v) is 2.09. The minimum Gasteiger partial charge on any atom is -0.295 e. The zero-order valence-electron chi connectivity index (χ0n) is 6.64. The Morgan fingerprint density at radius 1 is 1.38 bits per heavy atom. The molecule has 0 bridgehead atoms. The van der Waals surface area contributed by atoms with Crippen molar-refractivity contribution in [3.63, 3.8) is 0 Å². The lowest BCUT2D eigenvalue weighted by Crippen LogP contribution is -2.08. The molecule has 0 aliphatic carbocycles. The van der Waals surface area contributed by atoms with E-state index in [0.29, 0.717) is 5.02 Å². The number of benzene rings is 1. The molecule has 1 unspecified atom stereocenters. The van der Waals surface area contributed by atoms with E-state index in [4.69, 9.17) is 23.2 Å². The second kappa shape index (κ2) is 4.58. The molecule has 0 aliphatic heterocycles. The number of Topliss-reactive ketones (excluding diaryl/α,β-unsaturated/α-hetero) is 1. The average molecular weight is 221 g/mol. The molecule has 4 heteroatoms. The van der Waals surface area contributed by atoms with E-state index in [-0.39, 0.29) is 11.4 Å². The number of hydrogen-bond acceptors (Lipinski definition) is 1. The first-order valence-corrected chi connectivity index (χ1v) is 4.54. The minimum atomic E-state index is -1.64. The lowest BCUT2D eigenvalue weighted by atomic mass is 10.1. The van der Waals surface area contributed by atoms with Crippen molar-refractivity contribution >= 4 is 29.0 Å². The van der Waals surface area contributed by atoms with Gasteiger partial charge in [-0.25, -0.2) is 4.39 Å². The topological polar surface area (TPSA) is 17.1 Å². The molecule has 13 heavy (non-hydrogen) atoms. The molecule has 0 spiro atoms. The molecule has 1 aromatic carbocycles. The number of hydrogen-bond donors (Lipinski definition) is 0. The fraction of sp³-hybridized carbons (Fsp3) is 0.222. The molecular formula is C9H7Cl2FO. The molecule has 0 fully saturated rings. The van der Waals surface area contributed by atoms with Crippen LogP contribution in [0.4, 0.5) is 4.39 Å². The van der Waals surface area contributed by atoms with Crippen molar-refractivity contribution in [1.82, 2.24) is 0 Å². The molecule has 0 saturated heterocycles. The van der Waals surface area contributed by atoms with Crippen molar-refractivity contribution in [1.29, 1.82) is 0 Å². The van der Waals surface area contributed by atoms with Crippen LogP contribution < -0.4 is 0 Å². The van der Waals surface area contributed by atoms with E-state index in [1.165, 1.54) is 24.3 Å². The number of halogens is 3. The summed E-state index contributed by atoms with van der Waals surface area (Å²) in [4.78, 5) is 10.9. The maximum absolute atomic E-state index is 13.2. The van der Waals surface area contributed by atoms with Crippen LogP contribution in [0, 0.1) is 0 Å². The van der Waals surface area contributed by atoms with Crippen LogP contribution in [0.25, 0.3) is 0 Å². The minimum absolute atomic E-state index is 0.287. The SMILES string of the molecule is O=C(CCl)C(F)c1ccc(Cl)cc1. The van der Waals surface area contributed by atoms with E-state index >= 15 is 0 Å². The van der Waals surface area contributed by atoms with Gasteiger partial charge in [0.15, 0.2) is 12.0 Å². The van der Waals surface area contributed by atoms with Gasteiger partial charge in [-0.15, -0.1) is 11.6 Å². The van der Waals surface area contributed by atoms with Gasteiger partial charge in [-0.2, -0.15) is 0 Å². The Labute approximate surface area is 85.5 Å². The average Bonchev–Trinajstić information content (AvgIpc) is 2.17. The Balaban J connectivity index is 2.83. The van der Waals surface area contributed by atoms with Crippen LogP contribution in [0.1, 0.15) is 11.7 Å². The summed E-state index contributed by atoms with van der Waals surface area (Å²) in [5.74, 6) is -0.951. The Bertz CT molecular complexity index is 297. The number of alkyl halides is 2. The van der Waals surface area contributed by atoms with Crippen LogP contribution in [0.3, 0.4) is 0 Å². The molecule has 0 aliphatic rings. The van der Waals surface area contributed by atoms with Crippen LogP contribution in [0.15, 0.2) is 24.3 Å². The van der Waals surface area contributed by atoms with Crippen molar-refractivity contribution < 1.29 is 9.18 Å². The first kappa shape index (κ1) is 10.5. The van der Waals surface area contributed by atoms with Crippen LogP contribution in [0.2, 0.25) is 5.02 Å². The van der Waals surface area contributed by atoms with E-state index in [9.17, 15) is 9.18 Å². The second-order valence-corrected chi connectivity index (χ2v) is 3.22. The molecule has 1 atom stereocenters. The summed E-state index contributed by atoms with van der Waals surface area (Å²) >= 11 is 10.8. The van der Waals surface area contributed by atoms with Crippen LogP contribution in [-0.4, -0.2) is 11.7 Å². The van der Waals surface area contributed by atoms with E-state index in [1.807, 2.05) is 0 Å². The molecule has 0 radical (unpaired) electrons. The van der Waals surface area contributed by atoms with Gasteiger partial charge in [0.2, 0.25) is 0 Å². The lowest BCUT2D eigenvalue weighted by Gasteiger charge is -2.04. The first-order chi connectivity index (χ1) is 6.15. The van der Waals surface area contributed by atoms with E-state index in [2.05, 4.69) is 0 Å². The Hall–Kier alpha value is -0.600. The van der Waals surface area contributed by atoms with Gasteiger partial charge in [0.05, 0.1) is 5.88 Å². The molecule has 1 rings (SSSR count). The molecule has 70 valence electrons. The summed E-state index contributed by atoms with van der Waals surface area (Å²) in [5, 5.41) is 0.509. The number of rotatable bonds is 3. The quantitative estimate of drug-likeness (QED) is 0.716. The van der Waals surface area contributed by atoms with Crippen LogP contribution in [-0.2, 0) is 4.79 Å². The molecule has 0 heterocycles. The fourth-order valence-corrected chi connectivity index (χ4v) is 1.15. The van der Waals surface area contributed by atoms with Crippen LogP contribution >= 0.6 is 23.2 Å². The van der Waals surface area contributed by atoms with E-state index < -0.39 is 12.0 Å². The monoisotopic (exact) mass is 220 g/mol. The molecule has 0 amide bonds. The highest BCUT2D eigenvalue weighted by atomic mass is 35.5. The molecule has 0 N–H and O–H groups in total. The summed E-state index contributed by atoms with van der Waals surface area (Å²) in [5.41, 5.74) is 0.287. The Morgan fingerprint density at radius 2 is 1.92 bits per heavy atom. The third kappa shape index (κ3) is 2.68. The summed E-state index contributed by atoms with van der Waals surface area (Å²) in [6.07, 6.45) is -1.64. The smallest absolute Gasteiger partial charge is 0.186 e. The fourth-order valence-electron chi connectivity index (χ4n) is 0.885. The summed E-state index contributed by atoms with van der Waals surface area (Å²) in [6, 6.07) is 6.00. The van der Waals surface area contributed by atoms with Crippen molar-refractivity contribution in [2.24, 2.45) is 0 Å². The van der Waals surface area contributed by atoms with Gasteiger partial charge in [-0.05, 0) is 17.7 Å². The first-order valence-electron chi connectivity index (χ1n) is 3.63. The molecular weight excluding hydrogens is 214 g/mol. The number of carbonyl (C=O) groups excluding carboxylic acids is 1. The zero-order chi connectivity index (χ0) is 9.84. The number of carbonyl (C=O) groups is 1. The van der Waals surface area contributed by atoms with Crippen LogP contribution in [0.5, 0.6) is 0 Å². The van der Waals surface area contributed by atoms with Crippen molar-refractivity contribution in [3.05, 3.63) is 34.9 Å². The van der Waals surface area contributed by atoms with Crippen molar-refractivity contribution in [2.45, 2.75) is 6.17 Å². The van der Waals surface area contributed by atoms with Gasteiger partial charge in [0.1, 0.15) is 0 Å². The summed E-state index contributed by atoms with van der Waals surface area (Å²) < 4.78 is 13.2. The Morgan fingerprint density at radius 3 is 2.38 bits per heavy atom. The van der Waals surface area contributed by atoms with Gasteiger partial charge in [-0.3, -0.25) is 4.79 Å². The summed E-state index contributed by atoms with van der Waals surface area (Å²) in [7, 11) is 0. The highest BCUT2D eigenvalue weighted by Gasteiger charge is 2.17.